The number of hydrazone groups is 1. The number of hydrazine groups is 1. The third kappa shape index (κ3) is 3.74. The number of rotatable bonds is 4. The first-order chi connectivity index (χ1) is 13.2. The molecule has 2 unspecified atom stereocenters. The summed E-state index contributed by atoms with van der Waals surface area (Å²) in [6, 6.07) is 24.1. The van der Waals surface area contributed by atoms with Crippen molar-refractivity contribution in [2.75, 3.05) is 0 Å². The van der Waals surface area contributed by atoms with Crippen LogP contribution in [0.3, 0.4) is 0 Å². The van der Waals surface area contributed by atoms with Crippen molar-refractivity contribution in [3.8, 4) is 0 Å². The molecule has 3 aromatic carbocycles. The second kappa shape index (κ2) is 7.70. The lowest BCUT2D eigenvalue weighted by Gasteiger charge is -2.13. The van der Waals surface area contributed by atoms with E-state index in [9.17, 15) is 4.79 Å². The molecule has 1 heterocycles. The average molecular weight is 358 g/mol. The first kappa shape index (κ1) is 17.4. The molecule has 1 aliphatic rings. The summed E-state index contributed by atoms with van der Waals surface area (Å²) in [5.41, 5.74) is 12.0. The summed E-state index contributed by atoms with van der Waals surface area (Å²) in [5, 5.41) is 6.64. The number of nitrogens with zero attached hydrogens (tertiary/aromatic N) is 1. The molecule has 3 aromatic rings. The van der Waals surface area contributed by atoms with Crippen molar-refractivity contribution in [3.05, 3.63) is 83.9 Å². The van der Waals surface area contributed by atoms with Gasteiger partial charge in [-0.05, 0) is 35.2 Å². The van der Waals surface area contributed by atoms with Gasteiger partial charge in [0, 0.05) is 6.04 Å². The maximum Gasteiger partial charge on any atom is 0.258 e. The Morgan fingerprint density at radius 3 is 2.56 bits per heavy atom. The topological polar surface area (TPSA) is 65.5 Å². The van der Waals surface area contributed by atoms with Crippen LogP contribution in [0.5, 0.6) is 0 Å². The summed E-state index contributed by atoms with van der Waals surface area (Å²) in [6.45, 7) is 1.88. The number of benzene rings is 3. The Morgan fingerprint density at radius 2 is 1.70 bits per heavy atom. The highest BCUT2D eigenvalue weighted by Crippen LogP contribution is 2.29. The first-order valence-electron chi connectivity index (χ1n) is 9.10. The van der Waals surface area contributed by atoms with E-state index in [0.29, 0.717) is 6.42 Å². The number of nitrogens with one attached hydrogen (secondary N) is 3. The van der Waals surface area contributed by atoms with Gasteiger partial charge in [-0.1, -0.05) is 72.8 Å². The van der Waals surface area contributed by atoms with Gasteiger partial charge in [-0.25, -0.2) is 16.3 Å². The minimum absolute atomic E-state index is 0.0750. The normalized spacial score (nSPS) is 20.0. The summed E-state index contributed by atoms with van der Waals surface area (Å²) < 4.78 is 0. The standard InChI is InChI=1S/C22H22N4O/c1-15(16-8-3-2-4-9-16)23-26-22(27)21-14-20(24-25-21)19-13-7-11-17-10-5-6-12-18(17)19/h2-13,20-21,24-25H,14H2,1H3,(H,26,27)/b23-15+. The molecule has 4 rings (SSSR count). The molecule has 5 nitrogen and oxygen atoms in total. The van der Waals surface area contributed by atoms with Crippen molar-refractivity contribution in [3.63, 3.8) is 0 Å². The molecule has 0 bridgehead atoms. The van der Waals surface area contributed by atoms with E-state index in [1.807, 2.05) is 49.4 Å². The Labute approximate surface area is 158 Å². The smallest absolute Gasteiger partial charge is 0.258 e. The van der Waals surface area contributed by atoms with E-state index >= 15 is 0 Å². The van der Waals surface area contributed by atoms with E-state index < -0.39 is 0 Å². The molecule has 1 amide bonds. The molecular formula is C22H22N4O. The van der Waals surface area contributed by atoms with Gasteiger partial charge >= 0.3 is 0 Å². The van der Waals surface area contributed by atoms with Crippen LogP contribution in [0.2, 0.25) is 0 Å². The quantitative estimate of drug-likeness (QED) is 0.495. The second-order valence-electron chi connectivity index (χ2n) is 6.74. The second-order valence-corrected chi connectivity index (χ2v) is 6.74. The molecule has 3 N–H and O–H groups in total. The van der Waals surface area contributed by atoms with Crippen LogP contribution in [0.25, 0.3) is 10.8 Å². The number of carbonyl (C=O) groups is 1. The van der Waals surface area contributed by atoms with E-state index in [2.05, 4.69) is 51.7 Å². The van der Waals surface area contributed by atoms with Crippen LogP contribution >= 0.6 is 0 Å². The van der Waals surface area contributed by atoms with Crippen LogP contribution in [0.15, 0.2) is 77.9 Å². The molecular weight excluding hydrogens is 336 g/mol. The van der Waals surface area contributed by atoms with Gasteiger partial charge in [0.1, 0.15) is 6.04 Å². The van der Waals surface area contributed by atoms with E-state index in [0.717, 1.165) is 11.3 Å². The molecule has 1 fully saturated rings. The number of amides is 1. The highest BCUT2D eigenvalue weighted by atomic mass is 16.2. The van der Waals surface area contributed by atoms with E-state index in [-0.39, 0.29) is 18.0 Å². The third-order valence-electron chi connectivity index (χ3n) is 4.94. The van der Waals surface area contributed by atoms with Crippen molar-refractivity contribution in [2.45, 2.75) is 25.4 Å². The maximum atomic E-state index is 12.5. The third-order valence-corrected chi connectivity index (χ3v) is 4.94. The monoisotopic (exact) mass is 358 g/mol. The predicted molar refractivity (Wildman–Crippen MR) is 108 cm³/mol. The van der Waals surface area contributed by atoms with Crippen LogP contribution in [0, 0.1) is 0 Å². The fourth-order valence-corrected chi connectivity index (χ4v) is 3.45. The Kier molecular flexibility index (Phi) is 4.96. The van der Waals surface area contributed by atoms with Gasteiger partial charge in [-0.2, -0.15) is 5.10 Å². The van der Waals surface area contributed by atoms with E-state index in [1.165, 1.54) is 16.3 Å². The fraction of sp³-hybridized carbons (Fsp3) is 0.182. The minimum Gasteiger partial charge on any atom is -0.271 e. The lowest BCUT2D eigenvalue weighted by atomic mass is 9.96. The molecule has 0 aromatic heterocycles. The fourth-order valence-electron chi connectivity index (χ4n) is 3.45. The first-order valence-corrected chi connectivity index (χ1v) is 9.10. The number of hydrogen-bond donors (Lipinski definition) is 3. The van der Waals surface area contributed by atoms with Gasteiger partial charge in [-0.3, -0.25) is 4.79 Å². The average Bonchev–Trinajstić information content (AvgIpc) is 3.22. The summed E-state index contributed by atoms with van der Waals surface area (Å²) in [5.74, 6) is -0.138. The summed E-state index contributed by atoms with van der Waals surface area (Å²) in [4.78, 5) is 12.5. The van der Waals surface area contributed by atoms with Gasteiger partial charge in [-0.15, -0.1) is 0 Å². The van der Waals surface area contributed by atoms with Crippen molar-refractivity contribution in [1.29, 1.82) is 0 Å². The highest BCUT2D eigenvalue weighted by Gasteiger charge is 2.30. The Hall–Kier alpha value is -3.02. The summed E-state index contributed by atoms with van der Waals surface area (Å²) in [6.07, 6.45) is 0.666. The molecule has 136 valence electrons. The van der Waals surface area contributed by atoms with Gasteiger partial charge < -0.3 is 0 Å². The van der Waals surface area contributed by atoms with Gasteiger partial charge in [0.2, 0.25) is 0 Å². The number of carbonyl (C=O) groups excluding carboxylic acids is 1. The SMILES string of the molecule is C/C(=N\NC(=O)C1CC(c2cccc3ccccc23)NN1)c1ccccc1. The molecule has 27 heavy (non-hydrogen) atoms. The van der Waals surface area contributed by atoms with Crippen molar-refractivity contribution < 1.29 is 4.79 Å². The van der Waals surface area contributed by atoms with Crippen LogP contribution in [0.4, 0.5) is 0 Å². The zero-order valence-electron chi connectivity index (χ0n) is 15.1. The zero-order chi connectivity index (χ0) is 18.6. The maximum absolute atomic E-state index is 12.5. The largest absolute Gasteiger partial charge is 0.271 e. The Morgan fingerprint density at radius 1 is 0.963 bits per heavy atom. The lowest BCUT2D eigenvalue weighted by Crippen LogP contribution is -2.41. The molecule has 0 spiro atoms. The van der Waals surface area contributed by atoms with Crippen LogP contribution < -0.4 is 16.3 Å². The van der Waals surface area contributed by atoms with Crippen LogP contribution in [-0.2, 0) is 4.79 Å². The van der Waals surface area contributed by atoms with Crippen LogP contribution in [0.1, 0.15) is 30.5 Å². The number of fused-ring (bicyclic) bond motifs is 1. The molecule has 1 saturated heterocycles. The van der Waals surface area contributed by atoms with Crippen LogP contribution in [-0.4, -0.2) is 17.7 Å². The summed E-state index contributed by atoms with van der Waals surface area (Å²) in [7, 11) is 0. The van der Waals surface area contributed by atoms with Gasteiger partial charge in [0.05, 0.1) is 5.71 Å². The lowest BCUT2D eigenvalue weighted by molar-refractivity contribution is -0.122. The van der Waals surface area contributed by atoms with Crippen molar-refractivity contribution >= 4 is 22.4 Å². The van der Waals surface area contributed by atoms with Gasteiger partial charge in [0.25, 0.3) is 5.91 Å². The summed E-state index contributed by atoms with van der Waals surface area (Å²) >= 11 is 0. The van der Waals surface area contributed by atoms with E-state index in [4.69, 9.17) is 0 Å². The molecule has 0 saturated carbocycles. The number of hydrogen-bond acceptors (Lipinski definition) is 4. The van der Waals surface area contributed by atoms with Gasteiger partial charge in [0.15, 0.2) is 0 Å². The van der Waals surface area contributed by atoms with Crippen molar-refractivity contribution in [2.24, 2.45) is 5.10 Å². The highest BCUT2D eigenvalue weighted by molar-refractivity contribution is 5.99. The Balaban J connectivity index is 1.44. The van der Waals surface area contributed by atoms with E-state index in [1.54, 1.807) is 0 Å². The molecule has 0 aliphatic carbocycles. The minimum atomic E-state index is -0.332. The molecule has 2 atom stereocenters. The molecule has 1 aliphatic heterocycles. The zero-order valence-corrected chi connectivity index (χ0v) is 15.1. The molecule has 0 radical (unpaired) electrons. The molecule has 5 heteroatoms. The Bertz CT molecular complexity index is 979. The predicted octanol–water partition coefficient (Wildman–Crippen LogP) is 3.29. The van der Waals surface area contributed by atoms with Crippen molar-refractivity contribution in [1.82, 2.24) is 16.3 Å².